The Bertz CT molecular complexity index is 397. The molecule has 2 amide bonds. The van der Waals surface area contributed by atoms with E-state index in [1.54, 1.807) is 6.07 Å². The van der Waals surface area contributed by atoms with Crippen LogP contribution in [0.15, 0.2) is 18.2 Å². The molecular weight excluding hydrogens is 202 g/mol. The molecule has 3 nitrogen and oxygen atoms in total. The highest BCUT2D eigenvalue weighted by Crippen LogP contribution is 2.19. The predicted octanol–water partition coefficient (Wildman–Crippen LogP) is 2.26. The van der Waals surface area contributed by atoms with E-state index < -0.39 is 0 Å². The van der Waals surface area contributed by atoms with Gasteiger partial charge in [0.05, 0.1) is 0 Å². The normalized spacial score (nSPS) is 10.2. The molecule has 0 bridgehead atoms. The highest BCUT2D eigenvalue weighted by atomic mass is 16.2. The maximum Gasteiger partial charge on any atom is 0.257 e. The third-order valence-electron chi connectivity index (χ3n) is 2.61. The lowest BCUT2D eigenvalue weighted by Gasteiger charge is -2.11. The molecule has 0 spiro atoms. The van der Waals surface area contributed by atoms with Gasteiger partial charge in [0.25, 0.3) is 5.91 Å². The molecule has 0 aliphatic heterocycles. The van der Waals surface area contributed by atoms with Crippen molar-refractivity contribution in [3.05, 3.63) is 34.9 Å². The van der Waals surface area contributed by atoms with Crippen LogP contribution in [0, 0.1) is 0 Å². The first-order valence-corrected chi connectivity index (χ1v) is 5.47. The van der Waals surface area contributed by atoms with E-state index >= 15 is 0 Å². The molecule has 86 valence electrons. The van der Waals surface area contributed by atoms with Crippen molar-refractivity contribution in [1.82, 2.24) is 5.32 Å². The van der Waals surface area contributed by atoms with Gasteiger partial charge in [-0.05, 0) is 29.5 Å². The highest BCUT2D eigenvalue weighted by Gasteiger charge is 2.11. The second kappa shape index (κ2) is 5.45. The van der Waals surface area contributed by atoms with E-state index in [9.17, 15) is 9.59 Å². The number of amides is 2. The second-order valence-corrected chi connectivity index (χ2v) is 4.02. The quantitative estimate of drug-likeness (QED) is 0.789. The summed E-state index contributed by atoms with van der Waals surface area (Å²) < 4.78 is 0. The maximum absolute atomic E-state index is 11.6. The summed E-state index contributed by atoms with van der Waals surface area (Å²) in [6.07, 6.45) is 1.19. The minimum absolute atomic E-state index is 0.331. The molecule has 0 aliphatic rings. The summed E-state index contributed by atoms with van der Waals surface area (Å²) in [5.74, 6) is 0.107. The number of rotatable bonds is 4. The van der Waals surface area contributed by atoms with Crippen LogP contribution in [0.4, 0.5) is 0 Å². The molecule has 1 N–H and O–H groups in total. The van der Waals surface area contributed by atoms with E-state index in [0.29, 0.717) is 17.9 Å². The molecule has 1 aromatic carbocycles. The van der Waals surface area contributed by atoms with Gasteiger partial charge in [0.2, 0.25) is 6.41 Å². The Morgan fingerprint density at radius 2 is 2.12 bits per heavy atom. The van der Waals surface area contributed by atoms with Crippen molar-refractivity contribution in [2.45, 2.75) is 33.1 Å². The van der Waals surface area contributed by atoms with Gasteiger partial charge in [0.1, 0.15) is 0 Å². The molecule has 0 fully saturated rings. The molecule has 0 aliphatic carbocycles. The minimum atomic E-state index is -0.331. The van der Waals surface area contributed by atoms with Gasteiger partial charge in [-0.25, -0.2) is 0 Å². The predicted molar refractivity (Wildman–Crippen MR) is 63.4 cm³/mol. The summed E-state index contributed by atoms with van der Waals surface area (Å²) in [4.78, 5) is 21.8. The fraction of sp³-hybridized carbons (Fsp3) is 0.385. The number of carbonyl (C=O) groups is 2. The van der Waals surface area contributed by atoms with E-state index in [4.69, 9.17) is 0 Å². The molecule has 0 heterocycles. The van der Waals surface area contributed by atoms with E-state index in [1.165, 1.54) is 5.56 Å². The number of hydrogen-bond donors (Lipinski definition) is 1. The summed E-state index contributed by atoms with van der Waals surface area (Å²) >= 11 is 0. The van der Waals surface area contributed by atoms with E-state index in [2.05, 4.69) is 19.2 Å². The summed E-state index contributed by atoms with van der Waals surface area (Å²) in [7, 11) is 0. The standard InChI is InChI=1S/C13H17NO2/c1-4-10-7-11(9(2)3)5-6-12(10)13(16)14-8-15/h5-9H,4H2,1-3H3,(H,14,15,16). The van der Waals surface area contributed by atoms with Crippen molar-refractivity contribution in [1.29, 1.82) is 0 Å². The monoisotopic (exact) mass is 219 g/mol. The number of carbonyl (C=O) groups excluding carboxylic acids is 2. The van der Waals surface area contributed by atoms with Crippen LogP contribution in [0.2, 0.25) is 0 Å². The van der Waals surface area contributed by atoms with Gasteiger partial charge >= 0.3 is 0 Å². The summed E-state index contributed by atoms with van der Waals surface area (Å²) in [5.41, 5.74) is 2.77. The molecule has 1 rings (SSSR count). The lowest BCUT2D eigenvalue weighted by Crippen LogP contribution is -2.22. The number of nitrogens with one attached hydrogen (secondary N) is 1. The van der Waals surface area contributed by atoms with E-state index in [-0.39, 0.29) is 5.91 Å². The molecule has 1 aromatic rings. The van der Waals surface area contributed by atoms with Crippen LogP contribution in [0.3, 0.4) is 0 Å². The van der Waals surface area contributed by atoms with Crippen molar-refractivity contribution in [3.63, 3.8) is 0 Å². The molecule has 0 saturated heterocycles. The van der Waals surface area contributed by atoms with Gasteiger partial charge < -0.3 is 0 Å². The Hall–Kier alpha value is -1.64. The Labute approximate surface area is 95.9 Å². The number of benzene rings is 1. The van der Waals surface area contributed by atoms with Crippen LogP contribution < -0.4 is 5.32 Å². The maximum atomic E-state index is 11.6. The van der Waals surface area contributed by atoms with Gasteiger partial charge in [-0.2, -0.15) is 0 Å². The molecular formula is C13H17NO2. The zero-order valence-electron chi connectivity index (χ0n) is 9.91. The smallest absolute Gasteiger partial charge is 0.257 e. The molecule has 0 saturated carbocycles. The highest BCUT2D eigenvalue weighted by molar-refractivity contribution is 6.00. The molecule has 3 heteroatoms. The van der Waals surface area contributed by atoms with Crippen LogP contribution in [0.1, 0.15) is 48.2 Å². The van der Waals surface area contributed by atoms with Crippen molar-refractivity contribution >= 4 is 12.3 Å². The second-order valence-electron chi connectivity index (χ2n) is 4.02. The molecule has 0 unspecified atom stereocenters. The Morgan fingerprint density at radius 1 is 1.44 bits per heavy atom. The zero-order chi connectivity index (χ0) is 12.1. The van der Waals surface area contributed by atoms with E-state index in [0.717, 1.165) is 12.0 Å². The van der Waals surface area contributed by atoms with Crippen molar-refractivity contribution in [3.8, 4) is 0 Å². The average Bonchev–Trinajstić information content (AvgIpc) is 2.28. The van der Waals surface area contributed by atoms with Crippen LogP contribution in [0.25, 0.3) is 0 Å². The zero-order valence-corrected chi connectivity index (χ0v) is 9.91. The first-order valence-electron chi connectivity index (χ1n) is 5.47. The number of imide groups is 1. The Kier molecular flexibility index (Phi) is 4.23. The summed E-state index contributed by atoms with van der Waals surface area (Å²) in [5, 5.41) is 2.17. The number of aryl methyl sites for hydroxylation is 1. The SMILES string of the molecule is CCc1cc(C(C)C)ccc1C(=O)NC=O. The Morgan fingerprint density at radius 3 is 2.62 bits per heavy atom. The minimum Gasteiger partial charge on any atom is -0.295 e. The van der Waals surface area contributed by atoms with Gasteiger partial charge in [-0.3, -0.25) is 14.9 Å². The van der Waals surface area contributed by atoms with Crippen LogP contribution in [0.5, 0.6) is 0 Å². The lowest BCUT2D eigenvalue weighted by molar-refractivity contribution is -0.108. The average molecular weight is 219 g/mol. The topological polar surface area (TPSA) is 46.2 Å². The van der Waals surface area contributed by atoms with Crippen molar-refractivity contribution in [2.24, 2.45) is 0 Å². The third kappa shape index (κ3) is 2.69. The number of hydrogen-bond acceptors (Lipinski definition) is 2. The fourth-order valence-electron chi connectivity index (χ4n) is 1.62. The third-order valence-corrected chi connectivity index (χ3v) is 2.61. The van der Waals surface area contributed by atoms with Gasteiger partial charge in [-0.1, -0.05) is 32.9 Å². The Balaban J connectivity index is 3.11. The largest absolute Gasteiger partial charge is 0.295 e. The molecule has 0 atom stereocenters. The molecule has 0 aromatic heterocycles. The van der Waals surface area contributed by atoms with Gasteiger partial charge in [0.15, 0.2) is 0 Å². The fourth-order valence-corrected chi connectivity index (χ4v) is 1.62. The summed E-state index contributed by atoms with van der Waals surface area (Å²) in [6, 6.07) is 5.75. The van der Waals surface area contributed by atoms with Crippen LogP contribution in [-0.2, 0) is 11.2 Å². The molecule has 0 radical (unpaired) electrons. The lowest BCUT2D eigenvalue weighted by atomic mass is 9.96. The first kappa shape index (κ1) is 12.4. The van der Waals surface area contributed by atoms with Crippen LogP contribution in [-0.4, -0.2) is 12.3 Å². The summed E-state index contributed by atoms with van der Waals surface area (Å²) in [6.45, 7) is 6.22. The van der Waals surface area contributed by atoms with Crippen LogP contribution >= 0.6 is 0 Å². The van der Waals surface area contributed by atoms with Crippen molar-refractivity contribution < 1.29 is 9.59 Å². The first-order chi connectivity index (χ1) is 7.60. The van der Waals surface area contributed by atoms with Gasteiger partial charge in [-0.15, -0.1) is 0 Å². The van der Waals surface area contributed by atoms with Crippen molar-refractivity contribution in [2.75, 3.05) is 0 Å². The van der Waals surface area contributed by atoms with Gasteiger partial charge in [0, 0.05) is 5.56 Å². The molecule has 16 heavy (non-hydrogen) atoms. The van der Waals surface area contributed by atoms with E-state index in [1.807, 2.05) is 19.1 Å².